The fourth-order valence-corrected chi connectivity index (χ4v) is 5.39. The van der Waals surface area contributed by atoms with Crippen molar-refractivity contribution >= 4 is 17.3 Å². The molecule has 3 atom stereocenters. The molecular formula is C17H26N4OS. The van der Waals surface area contributed by atoms with Gasteiger partial charge in [0.05, 0.1) is 11.1 Å². The molecule has 2 N–H and O–H groups in total. The second-order valence-corrected chi connectivity index (χ2v) is 8.39. The summed E-state index contributed by atoms with van der Waals surface area (Å²) in [6, 6.07) is 0.539. The van der Waals surface area contributed by atoms with Gasteiger partial charge in [-0.1, -0.05) is 6.42 Å². The first-order chi connectivity index (χ1) is 11.2. The Kier molecular flexibility index (Phi) is 4.05. The van der Waals surface area contributed by atoms with Crippen molar-refractivity contribution in [1.82, 2.24) is 15.6 Å². The van der Waals surface area contributed by atoms with E-state index in [1.165, 1.54) is 35.6 Å². The molecule has 126 valence electrons. The molecule has 4 rings (SSSR count). The average molecular weight is 334 g/mol. The van der Waals surface area contributed by atoms with Gasteiger partial charge < -0.3 is 15.4 Å². The predicted molar refractivity (Wildman–Crippen MR) is 93.0 cm³/mol. The van der Waals surface area contributed by atoms with E-state index >= 15 is 0 Å². The minimum absolute atomic E-state index is 0.394. The van der Waals surface area contributed by atoms with Gasteiger partial charge in [0, 0.05) is 55.1 Å². The van der Waals surface area contributed by atoms with Crippen LogP contribution in [-0.2, 0) is 11.2 Å². The molecule has 2 heterocycles. The molecule has 23 heavy (non-hydrogen) atoms. The zero-order chi connectivity index (χ0) is 15.9. The molecule has 1 aliphatic heterocycles. The summed E-state index contributed by atoms with van der Waals surface area (Å²) < 4.78 is 5.99. The predicted octanol–water partition coefficient (Wildman–Crippen LogP) is 2.12. The summed E-state index contributed by atoms with van der Waals surface area (Å²) in [5, 5.41) is 8.35. The lowest BCUT2D eigenvalue weighted by atomic mass is 9.46. The highest BCUT2D eigenvalue weighted by molar-refractivity contribution is 7.11. The number of aromatic nitrogens is 1. The number of hydrogen-bond acceptors (Lipinski definition) is 4. The molecule has 1 spiro atoms. The number of rotatable bonds is 4. The van der Waals surface area contributed by atoms with Crippen LogP contribution in [0.15, 0.2) is 11.2 Å². The van der Waals surface area contributed by atoms with Gasteiger partial charge in [-0.05, 0) is 26.2 Å². The fraction of sp³-hybridized carbons (Fsp3) is 0.765. The highest BCUT2D eigenvalue weighted by atomic mass is 32.1. The van der Waals surface area contributed by atoms with E-state index in [0.717, 1.165) is 25.5 Å². The number of aryl methyl sites for hydroxylation is 1. The molecule has 3 fully saturated rings. The Labute approximate surface area is 141 Å². The van der Waals surface area contributed by atoms with E-state index in [4.69, 9.17) is 4.74 Å². The van der Waals surface area contributed by atoms with Crippen LogP contribution in [0.1, 0.15) is 35.6 Å². The molecule has 0 bridgehead atoms. The molecule has 0 radical (unpaired) electrons. The van der Waals surface area contributed by atoms with E-state index in [0.29, 0.717) is 23.5 Å². The van der Waals surface area contributed by atoms with Gasteiger partial charge >= 0.3 is 0 Å². The van der Waals surface area contributed by atoms with Crippen LogP contribution in [0.25, 0.3) is 0 Å². The zero-order valence-corrected chi connectivity index (χ0v) is 14.8. The van der Waals surface area contributed by atoms with Gasteiger partial charge in [-0.2, -0.15) is 0 Å². The number of fused-ring (bicyclic) bond motifs is 2. The van der Waals surface area contributed by atoms with Gasteiger partial charge in [0.15, 0.2) is 5.96 Å². The Morgan fingerprint density at radius 2 is 2.39 bits per heavy atom. The minimum Gasteiger partial charge on any atom is -0.377 e. The minimum atomic E-state index is 0.394. The molecule has 5 nitrogen and oxygen atoms in total. The van der Waals surface area contributed by atoms with Crippen LogP contribution in [-0.4, -0.2) is 43.3 Å². The largest absolute Gasteiger partial charge is 0.377 e. The normalized spacial score (nSPS) is 31.4. The van der Waals surface area contributed by atoms with Gasteiger partial charge in [-0.15, -0.1) is 11.3 Å². The van der Waals surface area contributed by atoms with Gasteiger partial charge in [0.1, 0.15) is 0 Å². The summed E-state index contributed by atoms with van der Waals surface area (Å²) in [7, 11) is 1.86. The van der Waals surface area contributed by atoms with E-state index in [-0.39, 0.29) is 0 Å². The Morgan fingerprint density at radius 1 is 1.52 bits per heavy atom. The van der Waals surface area contributed by atoms with E-state index in [2.05, 4.69) is 27.5 Å². The number of nitrogens with one attached hydrogen (secondary N) is 2. The number of guanidine groups is 1. The maximum absolute atomic E-state index is 5.99. The van der Waals surface area contributed by atoms with Crippen LogP contribution >= 0.6 is 11.3 Å². The first-order valence-electron chi connectivity index (χ1n) is 8.73. The molecule has 3 unspecified atom stereocenters. The number of thiazole rings is 1. The molecule has 6 heteroatoms. The van der Waals surface area contributed by atoms with Gasteiger partial charge in [0.2, 0.25) is 0 Å². The maximum Gasteiger partial charge on any atom is 0.191 e. The summed E-state index contributed by atoms with van der Waals surface area (Å²) >= 11 is 1.77. The molecular weight excluding hydrogens is 308 g/mol. The lowest BCUT2D eigenvalue weighted by Gasteiger charge is -2.63. The van der Waals surface area contributed by atoms with E-state index in [1.54, 1.807) is 11.3 Å². The second kappa shape index (κ2) is 6.06. The number of hydrogen-bond donors (Lipinski definition) is 2. The van der Waals surface area contributed by atoms with Crippen LogP contribution < -0.4 is 10.6 Å². The average Bonchev–Trinajstić information content (AvgIpc) is 3.09. The first kappa shape index (κ1) is 15.4. The lowest BCUT2D eigenvalue weighted by Crippen LogP contribution is -2.72. The second-order valence-electron chi connectivity index (χ2n) is 7.07. The van der Waals surface area contributed by atoms with Crippen LogP contribution in [0.4, 0.5) is 0 Å². The monoisotopic (exact) mass is 334 g/mol. The lowest BCUT2D eigenvalue weighted by molar-refractivity contribution is -0.171. The maximum atomic E-state index is 5.99. The third-order valence-corrected chi connectivity index (χ3v) is 6.82. The molecule has 2 saturated carbocycles. The topological polar surface area (TPSA) is 58.5 Å². The SMILES string of the molecule is CN=C(NCCc1ncc(C)s1)NC1C2CCOC2C12CCC2. The number of ether oxygens (including phenoxy) is 1. The zero-order valence-electron chi connectivity index (χ0n) is 14.0. The van der Waals surface area contributed by atoms with Crippen molar-refractivity contribution in [3.05, 3.63) is 16.1 Å². The molecule has 2 aliphatic carbocycles. The third-order valence-electron chi connectivity index (χ3n) is 5.85. The van der Waals surface area contributed by atoms with Crippen molar-refractivity contribution in [1.29, 1.82) is 0 Å². The highest BCUT2D eigenvalue weighted by Crippen LogP contribution is 2.62. The summed E-state index contributed by atoms with van der Waals surface area (Å²) in [4.78, 5) is 10.1. The molecule has 3 aliphatic rings. The van der Waals surface area contributed by atoms with E-state index in [9.17, 15) is 0 Å². The van der Waals surface area contributed by atoms with E-state index in [1.807, 2.05) is 13.2 Å². The summed E-state index contributed by atoms with van der Waals surface area (Å²) in [6.07, 6.45) is 8.55. The van der Waals surface area contributed by atoms with Crippen molar-refractivity contribution in [2.45, 2.75) is 51.2 Å². The Hall–Kier alpha value is -1.14. The Morgan fingerprint density at radius 3 is 3.04 bits per heavy atom. The van der Waals surface area contributed by atoms with Gasteiger partial charge in [-0.25, -0.2) is 4.98 Å². The number of nitrogens with zero attached hydrogens (tertiary/aromatic N) is 2. The van der Waals surface area contributed by atoms with Crippen LogP contribution in [0.2, 0.25) is 0 Å². The van der Waals surface area contributed by atoms with Crippen molar-refractivity contribution in [2.24, 2.45) is 16.3 Å². The molecule has 0 aromatic carbocycles. The molecule has 0 amide bonds. The van der Waals surface area contributed by atoms with Gasteiger partial charge in [-0.3, -0.25) is 4.99 Å². The third kappa shape index (κ3) is 2.56. The summed E-state index contributed by atoms with van der Waals surface area (Å²) in [5.74, 6) is 1.61. The first-order valence-corrected chi connectivity index (χ1v) is 9.55. The quantitative estimate of drug-likeness (QED) is 0.654. The number of aliphatic imine (C=N–C) groups is 1. The Balaban J connectivity index is 1.32. The molecule has 1 saturated heterocycles. The Bertz CT molecular complexity index is 595. The standard InChI is InChI=1S/C17H26N4OS/c1-11-10-20-13(23-11)4-8-19-16(18-2)21-14-12-5-9-22-15(12)17(14)6-3-7-17/h10,12,14-15H,3-9H2,1-2H3,(H2,18,19,21). The van der Waals surface area contributed by atoms with Crippen LogP contribution in [0, 0.1) is 18.3 Å². The van der Waals surface area contributed by atoms with Gasteiger partial charge in [0.25, 0.3) is 0 Å². The van der Waals surface area contributed by atoms with Crippen molar-refractivity contribution < 1.29 is 4.74 Å². The summed E-state index contributed by atoms with van der Waals surface area (Å²) in [6.45, 7) is 3.91. The van der Waals surface area contributed by atoms with Crippen LogP contribution in [0.5, 0.6) is 0 Å². The van der Waals surface area contributed by atoms with Crippen molar-refractivity contribution in [3.63, 3.8) is 0 Å². The van der Waals surface area contributed by atoms with Crippen molar-refractivity contribution in [2.75, 3.05) is 20.2 Å². The van der Waals surface area contributed by atoms with Crippen LogP contribution in [0.3, 0.4) is 0 Å². The summed E-state index contributed by atoms with van der Waals surface area (Å²) in [5.41, 5.74) is 0.394. The smallest absolute Gasteiger partial charge is 0.191 e. The molecule has 1 aromatic rings. The molecule has 1 aromatic heterocycles. The van der Waals surface area contributed by atoms with Crippen molar-refractivity contribution in [3.8, 4) is 0 Å². The van der Waals surface area contributed by atoms with E-state index < -0.39 is 0 Å². The fourth-order valence-electron chi connectivity index (χ4n) is 4.60. The highest BCUT2D eigenvalue weighted by Gasteiger charge is 2.66.